The van der Waals surface area contributed by atoms with Crippen LogP contribution in [0, 0.1) is 0 Å². The molecule has 84 valence electrons. The minimum atomic E-state index is -0.742. The van der Waals surface area contributed by atoms with Crippen LogP contribution in [0.25, 0.3) is 0 Å². The molecular weight excluding hydrogens is 234 g/mol. The lowest BCUT2D eigenvalue weighted by atomic mass is 10.2. The van der Waals surface area contributed by atoms with E-state index in [0.717, 1.165) is 0 Å². The lowest BCUT2D eigenvalue weighted by molar-refractivity contribution is 0.174. The van der Waals surface area contributed by atoms with Crippen molar-refractivity contribution >= 4 is 23.8 Å². The maximum Gasteiger partial charge on any atom is 0.332 e. The third-order valence-electron chi connectivity index (χ3n) is 1.87. The number of nitrogens with one attached hydrogen (secondary N) is 1. The minimum Gasteiger partial charge on any atom is -0.454 e. The highest BCUT2D eigenvalue weighted by molar-refractivity contribution is 6.33. The van der Waals surface area contributed by atoms with Crippen molar-refractivity contribution in [1.29, 1.82) is 0 Å². The highest BCUT2D eigenvalue weighted by atomic mass is 35.5. The monoisotopic (exact) mass is 241 g/mol. The molecule has 1 heterocycles. The molecule has 7 heteroatoms. The third kappa shape index (κ3) is 2.17. The van der Waals surface area contributed by atoms with Gasteiger partial charge in [0, 0.05) is 11.6 Å². The van der Waals surface area contributed by atoms with Crippen molar-refractivity contribution in [2.75, 3.05) is 6.79 Å². The number of hydrazone groups is 1. The van der Waals surface area contributed by atoms with E-state index in [1.165, 1.54) is 6.21 Å². The number of ether oxygens (including phenoxy) is 2. The molecule has 6 nitrogen and oxygen atoms in total. The van der Waals surface area contributed by atoms with E-state index in [1.54, 1.807) is 12.1 Å². The van der Waals surface area contributed by atoms with E-state index in [4.69, 9.17) is 26.8 Å². The number of benzene rings is 1. The minimum absolute atomic E-state index is 0.172. The average molecular weight is 242 g/mol. The number of primary amides is 1. The number of nitrogens with zero attached hydrogens (tertiary/aromatic N) is 1. The summed E-state index contributed by atoms with van der Waals surface area (Å²) in [5, 5.41) is 4.04. The molecule has 0 unspecified atom stereocenters. The lowest BCUT2D eigenvalue weighted by Gasteiger charge is -2.00. The Morgan fingerprint density at radius 3 is 2.88 bits per heavy atom. The first-order chi connectivity index (χ1) is 7.66. The molecule has 1 aliphatic heterocycles. The van der Waals surface area contributed by atoms with Gasteiger partial charge in [0.05, 0.1) is 11.2 Å². The highest BCUT2D eigenvalue weighted by Crippen LogP contribution is 2.36. The summed E-state index contributed by atoms with van der Waals surface area (Å²) in [5.41, 5.74) is 7.51. The summed E-state index contributed by atoms with van der Waals surface area (Å²) >= 11 is 5.95. The number of hydrogen-bond acceptors (Lipinski definition) is 4. The average Bonchev–Trinajstić information content (AvgIpc) is 2.64. The number of urea groups is 1. The van der Waals surface area contributed by atoms with E-state index in [9.17, 15) is 4.79 Å². The summed E-state index contributed by atoms with van der Waals surface area (Å²) in [4.78, 5) is 10.4. The molecule has 0 atom stereocenters. The van der Waals surface area contributed by atoms with Gasteiger partial charge in [0.2, 0.25) is 6.79 Å². The molecule has 1 aliphatic rings. The Morgan fingerprint density at radius 1 is 1.50 bits per heavy atom. The summed E-state index contributed by atoms with van der Waals surface area (Å²) in [6, 6.07) is 2.54. The van der Waals surface area contributed by atoms with Crippen molar-refractivity contribution in [2.45, 2.75) is 0 Å². The van der Waals surface area contributed by atoms with Crippen LogP contribution in [0.2, 0.25) is 5.02 Å². The molecule has 0 fully saturated rings. The normalized spacial score (nSPS) is 13.1. The first-order valence-corrected chi connectivity index (χ1v) is 4.72. The van der Waals surface area contributed by atoms with Crippen molar-refractivity contribution in [3.63, 3.8) is 0 Å². The third-order valence-corrected chi connectivity index (χ3v) is 2.20. The number of carbonyl (C=O) groups excluding carboxylic acids is 1. The fourth-order valence-corrected chi connectivity index (χ4v) is 1.40. The van der Waals surface area contributed by atoms with Crippen LogP contribution in [-0.2, 0) is 0 Å². The summed E-state index contributed by atoms with van der Waals surface area (Å²) < 4.78 is 10.3. The number of carbonyl (C=O) groups is 1. The van der Waals surface area contributed by atoms with Crippen molar-refractivity contribution in [3.05, 3.63) is 22.7 Å². The van der Waals surface area contributed by atoms with Crippen LogP contribution in [-0.4, -0.2) is 19.0 Å². The van der Waals surface area contributed by atoms with Gasteiger partial charge in [-0.15, -0.1) is 0 Å². The zero-order valence-electron chi connectivity index (χ0n) is 8.07. The van der Waals surface area contributed by atoms with Crippen molar-refractivity contribution in [3.8, 4) is 11.5 Å². The summed E-state index contributed by atoms with van der Waals surface area (Å²) in [7, 11) is 0. The summed E-state index contributed by atoms with van der Waals surface area (Å²) in [5.74, 6) is 1.18. The van der Waals surface area contributed by atoms with Crippen LogP contribution in [0.5, 0.6) is 11.5 Å². The Morgan fingerprint density at radius 2 is 2.19 bits per heavy atom. The van der Waals surface area contributed by atoms with Crippen LogP contribution < -0.4 is 20.6 Å². The molecule has 0 bridgehead atoms. The van der Waals surface area contributed by atoms with Gasteiger partial charge in [0.15, 0.2) is 11.5 Å². The zero-order chi connectivity index (χ0) is 11.5. The molecule has 16 heavy (non-hydrogen) atoms. The fourth-order valence-electron chi connectivity index (χ4n) is 1.20. The van der Waals surface area contributed by atoms with Crippen molar-refractivity contribution in [2.24, 2.45) is 10.8 Å². The Balaban J connectivity index is 2.21. The molecule has 0 saturated carbocycles. The van der Waals surface area contributed by atoms with E-state index < -0.39 is 6.03 Å². The number of hydrogen-bond donors (Lipinski definition) is 2. The number of fused-ring (bicyclic) bond motifs is 1. The molecule has 0 radical (unpaired) electrons. The lowest BCUT2D eigenvalue weighted by Crippen LogP contribution is -2.24. The quantitative estimate of drug-likeness (QED) is 0.600. The number of amides is 2. The number of nitrogens with two attached hydrogens (primary N) is 1. The van der Waals surface area contributed by atoms with Gasteiger partial charge in [-0.05, 0) is 6.07 Å². The van der Waals surface area contributed by atoms with E-state index in [0.29, 0.717) is 22.1 Å². The van der Waals surface area contributed by atoms with Gasteiger partial charge < -0.3 is 15.2 Å². The Kier molecular flexibility index (Phi) is 2.82. The molecule has 0 aliphatic carbocycles. The van der Waals surface area contributed by atoms with Gasteiger partial charge in [0.1, 0.15) is 0 Å². The standard InChI is InChI=1S/C9H8ClN3O3/c10-6-2-8-7(15-4-16-8)1-5(6)3-12-13-9(11)14/h1-3H,4H2,(H3,11,13,14). The predicted octanol–water partition coefficient (Wildman–Crippen LogP) is 1.07. The fraction of sp³-hybridized carbons (Fsp3) is 0.111. The predicted molar refractivity (Wildman–Crippen MR) is 57.9 cm³/mol. The Hall–Kier alpha value is -1.95. The largest absolute Gasteiger partial charge is 0.454 e. The van der Waals surface area contributed by atoms with E-state index in [2.05, 4.69) is 10.5 Å². The van der Waals surface area contributed by atoms with E-state index >= 15 is 0 Å². The van der Waals surface area contributed by atoms with Crippen LogP contribution in [0.15, 0.2) is 17.2 Å². The molecule has 1 aromatic rings. The SMILES string of the molecule is NC(=O)NN=Cc1cc2c(cc1Cl)OCO2. The van der Waals surface area contributed by atoms with Gasteiger partial charge in [-0.1, -0.05) is 11.6 Å². The first-order valence-electron chi connectivity index (χ1n) is 4.34. The van der Waals surface area contributed by atoms with Gasteiger partial charge in [-0.3, -0.25) is 0 Å². The van der Waals surface area contributed by atoms with Gasteiger partial charge in [-0.25, -0.2) is 10.2 Å². The Labute approximate surface area is 96.0 Å². The zero-order valence-corrected chi connectivity index (χ0v) is 8.82. The Bertz CT molecular complexity index is 462. The molecule has 3 N–H and O–H groups in total. The van der Waals surface area contributed by atoms with E-state index in [-0.39, 0.29) is 6.79 Å². The number of rotatable bonds is 2. The maximum atomic E-state index is 10.4. The van der Waals surface area contributed by atoms with Crippen molar-refractivity contribution in [1.82, 2.24) is 5.43 Å². The molecule has 2 amide bonds. The second-order valence-corrected chi connectivity index (χ2v) is 3.37. The van der Waals surface area contributed by atoms with Crippen LogP contribution in [0.4, 0.5) is 4.79 Å². The van der Waals surface area contributed by atoms with Gasteiger partial charge >= 0.3 is 6.03 Å². The van der Waals surface area contributed by atoms with E-state index in [1.807, 2.05) is 0 Å². The first kappa shape index (κ1) is 10.6. The summed E-state index contributed by atoms with van der Waals surface area (Å²) in [6.07, 6.45) is 1.37. The highest BCUT2D eigenvalue weighted by Gasteiger charge is 2.15. The van der Waals surface area contributed by atoms with Crippen LogP contribution >= 0.6 is 11.6 Å². The molecule has 2 rings (SSSR count). The summed E-state index contributed by atoms with van der Waals surface area (Å²) in [6.45, 7) is 0.172. The second kappa shape index (κ2) is 4.28. The van der Waals surface area contributed by atoms with Gasteiger partial charge in [-0.2, -0.15) is 5.10 Å². The maximum absolute atomic E-state index is 10.4. The molecule has 1 aromatic carbocycles. The second-order valence-electron chi connectivity index (χ2n) is 2.96. The van der Waals surface area contributed by atoms with Crippen LogP contribution in [0.1, 0.15) is 5.56 Å². The topological polar surface area (TPSA) is 85.9 Å². The van der Waals surface area contributed by atoms with Gasteiger partial charge in [0.25, 0.3) is 0 Å². The molecule has 0 spiro atoms. The van der Waals surface area contributed by atoms with Crippen LogP contribution in [0.3, 0.4) is 0 Å². The number of halogens is 1. The molecular formula is C9H8ClN3O3. The molecule has 0 aromatic heterocycles. The smallest absolute Gasteiger partial charge is 0.332 e. The van der Waals surface area contributed by atoms with Crippen molar-refractivity contribution < 1.29 is 14.3 Å². The molecule has 0 saturated heterocycles.